The topological polar surface area (TPSA) is 255 Å². The molecule has 91 heavy (non-hydrogen) atoms. The molecule has 1 amide bonds. The van der Waals surface area contributed by atoms with Crippen molar-refractivity contribution in [1.82, 2.24) is 22.7 Å². The van der Waals surface area contributed by atoms with Gasteiger partial charge >= 0.3 is 11.9 Å². The normalized spacial score (nSPS) is 13.0. The van der Waals surface area contributed by atoms with Crippen molar-refractivity contribution >= 4 is 63.8 Å². The van der Waals surface area contributed by atoms with Crippen LogP contribution in [-0.2, 0) is 76.4 Å². The van der Waals surface area contributed by atoms with Gasteiger partial charge in [0.2, 0.25) is 30.1 Å². The Bertz CT molecular complexity index is 3260. The second kappa shape index (κ2) is 37.6. The molecule has 0 radical (unpaired) electrons. The predicted octanol–water partition coefficient (Wildman–Crippen LogP) is 8.82. The number of sulfonamides is 3. The highest BCUT2D eigenvalue weighted by Crippen LogP contribution is 2.31. The van der Waals surface area contributed by atoms with Gasteiger partial charge < -0.3 is 48.1 Å². The number of aliphatic hydroxyl groups is 1. The minimum absolute atomic E-state index is 0.0738. The van der Waals surface area contributed by atoms with E-state index in [0.29, 0.717) is 57.2 Å². The second-order valence-corrected chi connectivity index (χ2v) is 31.6. The molecule has 0 aliphatic heterocycles. The molecule has 3 unspecified atom stereocenters. The Morgan fingerprint density at radius 2 is 0.802 bits per heavy atom. The summed E-state index contributed by atoms with van der Waals surface area (Å²) in [5, 5.41) is 8.84. The van der Waals surface area contributed by atoms with Crippen LogP contribution >= 0.6 is 15.9 Å². The molecule has 26 heteroatoms. The Labute approximate surface area is 553 Å². The molecule has 3 atom stereocenters. The number of benzene rings is 4. The van der Waals surface area contributed by atoms with Crippen LogP contribution in [0.25, 0.3) is 0 Å². The van der Waals surface area contributed by atoms with Crippen molar-refractivity contribution in [2.45, 2.75) is 160 Å². The predicted molar refractivity (Wildman–Crippen MR) is 360 cm³/mol. The van der Waals surface area contributed by atoms with Crippen LogP contribution in [0.5, 0.6) is 17.2 Å². The van der Waals surface area contributed by atoms with Gasteiger partial charge in [0.25, 0.3) is 5.91 Å². The van der Waals surface area contributed by atoms with Crippen molar-refractivity contribution in [3.05, 3.63) is 105 Å². The maximum absolute atomic E-state index is 13.1. The molecule has 0 spiro atoms. The summed E-state index contributed by atoms with van der Waals surface area (Å²) in [6.45, 7) is 28.1. The van der Waals surface area contributed by atoms with E-state index in [4.69, 9.17) is 38.3 Å². The molecule has 516 valence electrons. The molecule has 0 aliphatic carbocycles. The van der Waals surface area contributed by atoms with Gasteiger partial charge in [0.05, 0.1) is 55.8 Å². The number of rotatable bonds is 27. The summed E-state index contributed by atoms with van der Waals surface area (Å²) in [4.78, 5) is 39.9. The average Bonchev–Trinajstić information content (AvgIpc) is 0.856. The van der Waals surface area contributed by atoms with E-state index in [0.717, 1.165) is 22.8 Å². The van der Waals surface area contributed by atoms with Crippen LogP contribution in [-0.4, -0.2) is 209 Å². The number of aryl methyl sites for hydroxylation is 6. The number of amides is 1. The number of halogens is 1. The van der Waals surface area contributed by atoms with Crippen LogP contribution in [0.3, 0.4) is 0 Å². The molecule has 4 aromatic rings. The number of hydrogen-bond donors (Lipinski definition) is 1. The maximum atomic E-state index is 13.1. The number of carbonyl (C=O) groups is 3. The van der Waals surface area contributed by atoms with Crippen LogP contribution < -0.4 is 14.2 Å². The number of alkyl halides is 1. The molecule has 0 heterocycles. The number of nitrogens with zero attached hydrogens (tertiary/aromatic N) is 5. The highest BCUT2D eigenvalue weighted by Gasteiger charge is 2.30. The van der Waals surface area contributed by atoms with E-state index in [1.807, 2.05) is 32.9 Å². The third-order valence-corrected chi connectivity index (χ3v) is 20.3. The first-order valence-corrected chi connectivity index (χ1v) is 34.8. The van der Waals surface area contributed by atoms with Gasteiger partial charge in [0, 0.05) is 60.9 Å². The molecule has 1 N–H and O–H groups in total. The number of methoxy groups -OCH3 is 3. The fourth-order valence-electron chi connectivity index (χ4n) is 8.72. The lowest BCUT2D eigenvalue weighted by Crippen LogP contribution is -2.38. The monoisotopic (exact) mass is 1400 g/mol. The third-order valence-electron chi connectivity index (χ3n) is 13.5. The van der Waals surface area contributed by atoms with Crippen LogP contribution in [0, 0.1) is 41.5 Å². The van der Waals surface area contributed by atoms with Crippen LogP contribution in [0.2, 0.25) is 0 Å². The molecule has 22 nitrogen and oxygen atoms in total. The highest BCUT2D eigenvalue weighted by molar-refractivity contribution is 9.10. The van der Waals surface area contributed by atoms with Crippen molar-refractivity contribution in [2.75, 3.05) is 110 Å². The lowest BCUT2D eigenvalue weighted by molar-refractivity contribution is -0.167. The summed E-state index contributed by atoms with van der Waals surface area (Å²) in [5.74, 6) is 1.02. The summed E-state index contributed by atoms with van der Waals surface area (Å²) in [6, 6.07) is 18.4. The molecule has 0 bridgehead atoms. The Morgan fingerprint density at radius 1 is 0.495 bits per heavy atom. The standard InChI is InChI=1S/C27H41N3O5S.C19H31NO6S.C12H19NO4S.C7H13BrO2/c1-20-17-25(34-8)18-21(2)26(20)36(32,33)30(7)15-16-35-22(3)27(31)29(6)19-24-11-9-23(10-12-24)13-14-28(4)5;1-13-11-16(24-8)12-14(2)17(13)27(22,23)20(7)9-10-25-15(3)18(21)26-19(4,5)6;1-9-7-11(17-4)8-10(2)12(9)18(15,16)13(3)5-6-14;1-5(8)6(9)10-7(2,3)4/h9-12,17-18,22H,13-16,19H2,1-8H3;11-12,15H,9-10H2,1-8H3;7-8,14H,5-6H2,1-4H3;5H,1-4H3. The molecule has 0 saturated carbocycles. The first-order chi connectivity index (χ1) is 41.8. The maximum Gasteiger partial charge on any atom is 0.335 e. The number of likely N-dealkylation sites (N-methyl/N-ethyl adjacent to an activating group) is 5. The number of carbonyl (C=O) groups excluding carboxylic acids is 3. The highest BCUT2D eigenvalue weighted by atomic mass is 79.9. The fraction of sp³-hybridized carbons (Fsp3) is 0.585. The molecular formula is C65H104BrN5O17S3. The molecule has 0 aromatic heterocycles. The molecule has 0 saturated heterocycles. The summed E-state index contributed by atoms with van der Waals surface area (Å²) < 4.78 is 117. The van der Waals surface area contributed by atoms with Crippen molar-refractivity contribution in [3.8, 4) is 17.2 Å². The van der Waals surface area contributed by atoms with Gasteiger partial charge in [-0.25, -0.2) is 30.0 Å². The van der Waals surface area contributed by atoms with E-state index in [-0.39, 0.29) is 76.4 Å². The summed E-state index contributed by atoms with van der Waals surface area (Å²) in [7, 11) is 3.96. The molecular weight excluding hydrogens is 1300 g/mol. The Balaban J connectivity index is 0.000000661. The zero-order valence-corrected chi connectivity index (χ0v) is 62.2. The van der Waals surface area contributed by atoms with Gasteiger partial charge in [-0.2, -0.15) is 12.9 Å². The van der Waals surface area contributed by atoms with Crippen LogP contribution in [0.1, 0.15) is 107 Å². The number of esters is 2. The van der Waals surface area contributed by atoms with Crippen molar-refractivity contribution in [3.63, 3.8) is 0 Å². The van der Waals surface area contributed by atoms with Gasteiger partial charge in [-0.1, -0.05) is 40.2 Å². The minimum atomic E-state index is -3.71. The van der Waals surface area contributed by atoms with E-state index in [1.54, 1.807) is 146 Å². The lowest BCUT2D eigenvalue weighted by Gasteiger charge is -2.24. The molecule has 0 aliphatic rings. The quantitative estimate of drug-likeness (QED) is 0.0432. The van der Waals surface area contributed by atoms with E-state index in [9.17, 15) is 39.6 Å². The fourth-order valence-corrected chi connectivity index (χ4v) is 13.5. The largest absolute Gasteiger partial charge is 0.497 e. The Hall–Kier alpha value is -5.26. The summed E-state index contributed by atoms with van der Waals surface area (Å²) in [6.07, 6.45) is -0.478. The molecule has 4 rings (SSSR count). The van der Waals surface area contributed by atoms with Gasteiger partial charge in [-0.15, -0.1) is 0 Å². The Kier molecular flexibility index (Phi) is 34.6. The van der Waals surface area contributed by atoms with Gasteiger partial charge in [0.15, 0.2) is 6.10 Å². The van der Waals surface area contributed by atoms with Crippen molar-refractivity contribution < 1.29 is 77.9 Å². The van der Waals surface area contributed by atoms with Crippen molar-refractivity contribution in [1.29, 1.82) is 0 Å². The van der Waals surface area contributed by atoms with Crippen LogP contribution in [0.15, 0.2) is 75.4 Å². The van der Waals surface area contributed by atoms with Gasteiger partial charge in [0.1, 0.15) is 39.4 Å². The number of ether oxygens (including phenoxy) is 7. The number of hydrogen-bond acceptors (Lipinski definition) is 18. The second-order valence-electron chi connectivity index (χ2n) is 24.2. The van der Waals surface area contributed by atoms with Gasteiger partial charge in [-0.3, -0.25) is 9.59 Å². The van der Waals surface area contributed by atoms with Crippen molar-refractivity contribution in [2.24, 2.45) is 0 Å². The van der Waals surface area contributed by atoms with Crippen LogP contribution in [0.4, 0.5) is 0 Å². The Morgan fingerprint density at radius 3 is 1.09 bits per heavy atom. The third kappa shape index (κ3) is 27.7. The minimum Gasteiger partial charge on any atom is -0.497 e. The smallest absolute Gasteiger partial charge is 0.335 e. The zero-order valence-electron chi connectivity index (χ0n) is 58.2. The molecule has 0 fully saturated rings. The zero-order chi connectivity index (χ0) is 70.3. The molecule has 4 aromatic carbocycles. The van der Waals surface area contributed by atoms with Gasteiger partial charge in [-0.05, 0) is 205 Å². The lowest BCUT2D eigenvalue weighted by atomic mass is 10.1. The SMILES string of the molecule is CC(Br)C(=O)OC(C)(C)C.COc1cc(C)c(S(=O)(=O)N(C)CCO)c(C)c1.COc1cc(C)c(S(=O)(=O)N(C)CCOC(C)C(=O)N(C)Cc2ccc(CCN(C)C)cc2)c(C)c1.COc1cc(C)c(S(=O)(=O)N(C)CCOC(C)C(=O)OC(C)(C)C)c(C)c1. The van der Waals surface area contributed by atoms with E-state index < -0.39 is 53.8 Å². The first kappa shape index (κ1) is 83.8. The summed E-state index contributed by atoms with van der Waals surface area (Å²) in [5.41, 5.74) is 5.07. The average molecular weight is 1400 g/mol. The van der Waals surface area contributed by atoms with E-state index >= 15 is 0 Å². The summed E-state index contributed by atoms with van der Waals surface area (Å²) >= 11 is 3.12. The first-order valence-electron chi connectivity index (χ1n) is 29.6. The number of aliphatic hydroxyl groups excluding tert-OH is 1. The van der Waals surface area contributed by atoms with E-state index in [1.165, 1.54) is 42.4 Å². The van der Waals surface area contributed by atoms with E-state index in [2.05, 4.69) is 47.1 Å².